The van der Waals surface area contributed by atoms with Crippen LogP contribution < -0.4 is 0 Å². The lowest BCUT2D eigenvalue weighted by Crippen LogP contribution is -2.62. The van der Waals surface area contributed by atoms with Gasteiger partial charge in [-0.3, -0.25) is 14.7 Å². The molecule has 29 heavy (non-hydrogen) atoms. The molecule has 3 heterocycles. The first-order valence-corrected chi connectivity index (χ1v) is 11.5. The molecule has 0 aromatic rings. The number of halogens is 1. The molecule has 4 unspecified atom stereocenters. The van der Waals surface area contributed by atoms with Gasteiger partial charge in [0, 0.05) is 63.9 Å². The molecule has 170 valence electrons. The Balaban J connectivity index is 1.56. The number of nitrogens with zero attached hydrogens (tertiary/aromatic N) is 4. The molecular weight excluding hydrogens is 371 g/mol. The molecular formula is C22H43FN4O2. The van der Waals surface area contributed by atoms with Crippen LogP contribution in [0.3, 0.4) is 0 Å². The van der Waals surface area contributed by atoms with Crippen LogP contribution in [0, 0.1) is 0 Å². The van der Waals surface area contributed by atoms with E-state index in [1.54, 1.807) is 0 Å². The van der Waals surface area contributed by atoms with Gasteiger partial charge in [0.25, 0.3) is 0 Å². The second kappa shape index (κ2) is 10.3. The van der Waals surface area contributed by atoms with Gasteiger partial charge in [0.1, 0.15) is 6.17 Å². The molecule has 0 bridgehead atoms. The summed E-state index contributed by atoms with van der Waals surface area (Å²) in [5, 5.41) is 0. The summed E-state index contributed by atoms with van der Waals surface area (Å²) in [6.45, 7) is 15.9. The first-order valence-electron chi connectivity index (χ1n) is 11.5. The monoisotopic (exact) mass is 414 g/mol. The normalized spacial score (nSPS) is 33.2. The lowest BCUT2D eigenvalue weighted by molar-refractivity contribution is -0.142. The van der Waals surface area contributed by atoms with Crippen LogP contribution in [0.2, 0.25) is 0 Å². The first kappa shape index (κ1) is 23.4. The van der Waals surface area contributed by atoms with Crippen molar-refractivity contribution in [1.29, 1.82) is 0 Å². The van der Waals surface area contributed by atoms with Gasteiger partial charge in [-0.1, -0.05) is 0 Å². The molecule has 3 rings (SSSR count). The minimum atomic E-state index is -0.658. The number of likely N-dealkylation sites (tertiary alicyclic amines) is 1. The molecule has 3 aliphatic heterocycles. The van der Waals surface area contributed by atoms with Crippen LogP contribution in [-0.4, -0.2) is 129 Å². The van der Waals surface area contributed by atoms with Crippen molar-refractivity contribution in [2.75, 3.05) is 66.5 Å². The van der Waals surface area contributed by atoms with Crippen molar-refractivity contribution in [1.82, 2.24) is 19.6 Å². The Morgan fingerprint density at radius 3 is 2.24 bits per heavy atom. The summed E-state index contributed by atoms with van der Waals surface area (Å²) in [6.07, 6.45) is 1.04. The highest BCUT2D eigenvalue weighted by molar-refractivity contribution is 4.92. The molecule has 3 fully saturated rings. The number of rotatable bonds is 8. The second-order valence-corrected chi connectivity index (χ2v) is 9.97. The lowest BCUT2D eigenvalue weighted by Gasteiger charge is -2.48. The van der Waals surface area contributed by atoms with Gasteiger partial charge >= 0.3 is 0 Å². The number of likely N-dealkylation sites (N-methyl/N-ethyl adjacent to an activating group) is 1. The third-order valence-corrected chi connectivity index (χ3v) is 6.90. The molecule has 0 saturated carbocycles. The fraction of sp³-hybridized carbons (Fsp3) is 1.00. The van der Waals surface area contributed by atoms with Crippen LogP contribution in [0.25, 0.3) is 0 Å². The quantitative estimate of drug-likeness (QED) is 0.599. The molecule has 0 aromatic carbocycles. The lowest BCUT2D eigenvalue weighted by atomic mass is 10.00. The largest absolute Gasteiger partial charge is 0.374 e. The fourth-order valence-electron chi connectivity index (χ4n) is 4.93. The maximum Gasteiger partial charge on any atom is 0.125 e. The average Bonchev–Trinajstić information content (AvgIpc) is 2.64. The molecule has 6 nitrogen and oxygen atoms in total. The molecule has 0 N–H and O–H groups in total. The van der Waals surface area contributed by atoms with Crippen molar-refractivity contribution in [3.05, 3.63) is 0 Å². The van der Waals surface area contributed by atoms with Crippen LogP contribution >= 0.6 is 0 Å². The zero-order valence-corrected chi connectivity index (χ0v) is 19.4. The van der Waals surface area contributed by atoms with E-state index in [9.17, 15) is 4.39 Å². The average molecular weight is 415 g/mol. The molecule has 0 spiro atoms. The summed E-state index contributed by atoms with van der Waals surface area (Å²) < 4.78 is 25.9. The topological polar surface area (TPSA) is 31.4 Å². The van der Waals surface area contributed by atoms with Crippen LogP contribution in [-0.2, 0) is 9.47 Å². The first-order chi connectivity index (χ1) is 13.7. The van der Waals surface area contributed by atoms with E-state index in [1.807, 2.05) is 0 Å². The minimum absolute atomic E-state index is 0.155. The maximum atomic E-state index is 13.4. The number of hydrogen-bond acceptors (Lipinski definition) is 6. The molecule has 0 aromatic heterocycles. The Labute approximate surface area is 177 Å². The Morgan fingerprint density at radius 2 is 1.62 bits per heavy atom. The second-order valence-electron chi connectivity index (χ2n) is 9.97. The number of alkyl halides is 1. The van der Waals surface area contributed by atoms with Crippen molar-refractivity contribution in [2.24, 2.45) is 0 Å². The van der Waals surface area contributed by atoms with Gasteiger partial charge in [0.2, 0.25) is 0 Å². The van der Waals surface area contributed by atoms with Crippen LogP contribution in [0.5, 0.6) is 0 Å². The van der Waals surface area contributed by atoms with Gasteiger partial charge in [0.05, 0.1) is 24.9 Å². The van der Waals surface area contributed by atoms with Crippen LogP contribution in [0.1, 0.15) is 34.1 Å². The van der Waals surface area contributed by atoms with Crippen LogP contribution in [0.4, 0.5) is 4.39 Å². The summed E-state index contributed by atoms with van der Waals surface area (Å²) in [7, 11) is 4.21. The Kier molecular flexibility index (Phi) is 8.32. The van der Waals surface area contributed by atoms with Gasteiger partial charge in [-0.2, -0.15) is 0 Å². The minimum Gasteiger partial charge on any atom is -0.374 e. The van der Waals surface area contributed by atoms with E-state index in [-0.39, 0.29) is 24.4 Å². The van der Waals surface area contributed by atoms with E-state index >= 15 is 0 Å². The Morgan fingerprint density at radius 1 is 0.931 bits per heavy atom. The smallest absolute Gasteiger partial charge is 0.125 e. The van der Waals surface area contributed by atoms with Gasteiger partial charge in [-0.05, 0) is 48.2 Å². The summed E-state index contributed by atoms with van der Waals surface area (Å²) in [4.78, 5) is 9.54. The SMILES string of the molecule is CC(C)N1CC(CC(C)N2CCO[C@H](CN(C)C)C2)OC(C(C)N2CC(F)C2)C1. The summed E-state index contributed by atoms with van der Waals surface area (Å²) >= 11 is 0. The predicted molar refractivity (Wildman–Crippen MR) is 115 cm³/mol. The number of hydrogen-bond donors (Lipinski definition) is 0. The Hall–Kier alpha value is -0.310. The number of morpholine rings is 2. The standard InChI is InChI=1S/C22H43FN4O2/c1-16(2)26-13-20(29-22(15-26)18(4)27-10-19(23)11-27)9-17(3)25-7-8-28-21(14-25)12-24(5)6/h16-22H,7-15H2,1-6H3/t17?,18?,20?,21-,22?/m1/s1. The highest BCUT2D eigenvalue weighted by Crippen LogP contribution is 2.26. The third kappa shape index (κ3) is 6.34. The molecule has 0 amide bonds. The van der Waals surface area contributed by atoms with Crippen molar-refractivity contribution in [2.45, 2.75) is 76.7 Å². The van der Waals surface area contributed by atoms with Gasteiger partial charge in [-0.25, -0.2) is 4.39 Å². The summed E-state index contributed by atoms with van der Waals surface area (Å²) in [5.74, 6) is 0. The molecule has 7 heteroatoms. The van der Waals surface area contributed by atoms with E-state index < -0.39 is 6.17 Å². The molecule has 5 atom stereocenters. The maximum absolute atomic E-state index is 13.4. The highest BCUT2D eigenvalue weighted by atomic mass is 19.1. The van der Waals surface area contributed by atoms with E-state index in [1.165, 1.54) is 0 Å². The van der Waals surface area contributed by atoms with Crippen molar-refractivity contribution in [3.63, 3.8) is 0 Å². The van der Waals surface area contributed by atoms with E-state index in [0.717, 1.165) is 45.8 Å². The predicted octanol–water partition coefficient (Wildman–Crippen LogP) is 1.55. The van der Waals surface area contributed by atoms with E-state index in [2.05, 4.69) is 61.4 Å². The van der Waals surface area contributed by atoms with Crippen LogP contribution in [0.15, 0.2) is 0 Å². The van der Waals surface area contributed by atoms with Crippen molar-refractivity contribution in [3.8, 4) is 0 Å². The molecule has 3 saturated heterocycles. The molecule has 0 radical (unpaired) electrons. The fourth-order valence-corrected chi connectivity index (χ4v) is 4.93. The Bertz CT molecular complexity index is 503. The highest BCUT2D eigenvalue weighted by Gasteiger charge is 2.39. The van der Waals surface area contributed by atoms with E-state index in [4.69, 9.17) is 9.47 Å². The zero-order chi connectivity index (χ0) is 21.1. The summed E-state index contributed by atoms with van der Waals surface area (Å²) in [6, 6.07) is 1.25. The summed E-state index contributed by atoms with van der Waals surface area (Å²) in [5.41, 5.74) is 0. The van der Waals surface area contributed by atoms with Crippen molar-refractivity contribution < 1.29 is 13.9 Å². The van der Waals surface area contributed by atoms with Gasteiger partial charge in [-0.15, -0.1) is 0 Å². The number of ether oxygens (including phenoxy) is 2. The third-order valence-electron chi connectivity index (χ3n) is 6.90. The van der Waals surface area contributed by atoms with Crippen molar-refractivity contribution >= 4 is 0 Å². The van der Waals surface area contributed by atoms with Gasteiger partial charge in [0.15, 0.2) is 0 Å². The van der Waals surface area contributed by atoms with E-state index in [0.29, 0.717) is 25.2 Å². The van der Waals surface area contributed by atoms with Gasteiger partial charge < -0.3 is 14.4 Å². The molecule has 3 aliphatic rings. The molecule has 0 aliphatic carbocycles. The zero-order valence-electron chi connectivity index (χ0n) is 19.4.